The molecule has 2 aromatic carbocycles. The number of carbonyl (C=O) groups excluding carboxylic acids is 1. The van der Waals surface area contributed by atoms with Gasteiger partial charge in [0.1, 0.15) is 12.3 Å². The Hall–Kier alpha value is -2.46. The molecule has 28 heavy (non-hydrogen) atoms. The minimum absolute atomic E-state index is 0.120. The second-order valence-electron chi connectivity index (χ2n) is 5.68. The predicted molar refractivity (Wildman–Crippen MR) is 100 cm³/mol. The lowest BCUT2D eigenvalue weighted by atomic mass is 10.2. The lowest BCUT2D eigenvalue weighted by Crippen LogP contribution is -2.37. The zero-order chi connectivity index (χ0) is 21.1. The Kier molecular flexibility index (Phi) is 6.45. The second kappa shape index (κ2) is 8.27. The smallest absolute Gasteiger partial charge is 0.417 e. The van der Waals surface area contributed by atoms with Gasteiger partial charge in [0.05, 0.1) is 29.6 Å². The first-order valence-electron chi connectivity index (χ1n) is 7.71. The largest absolute Gasteiger partial charge is 0.495 e. The number of halogens is 4. The van der Waals surface area contributed by atoms with Crippen LogP contribution in [0.2, 0.25) is 5.02 Å². The van der Waals surface area contributed by atoms with Crippen molar-refractivity contribution in [1.82, 2.24) is 0 Å². The Balaban J connectivity index is 2.29. The Morgan fingerprint density at radius 1 is 1.21 bits per heavy atom. The van der Waals surface area contributed by atoms with Crippen molar-refractivity contribution in [2.45, 2.75) is 6.18 Å². The van der Waals surface area contributed by atoms with E-state index >= 15 is 0 Å². The number of para-hydroxylation sites is 2. The third-order valence-electron chi connectivity index (χ3n) is 3.60. The number of methoxy groups -OCH3 is 1. The monoisotopic (exact) mass is 436 g/mol. The third kappa shape index (κ3) is 5.29. The van der Waals surface area contributed by atoms with Crippen LogP contribution >= 0.6 is 11.6 Å². The molecule has 0 heterocycles. The molecule has 0 aromatic heterocycles. The number of nitrogens with zero attached hydrogens (tertiary/aromatic N) is 1. The van der Waals surface area contributed by atoms with Gasteiger partial charge in [-0.3, -0.25) is 9.10 Å². The standard InChI is InChI=1S/C17H16ClF3N2O4S/c1-27-15-6-4-3-5-14(15)23(28(2,25)26)10-16(24)22-11-7-8-13(18)12(9-11)17(19,20)21/h3-9H,10H2,1-2H3,(H,22,24). The topological polar surface area (TPSA) is 75.7 Å². The number of hydrogen-bond acceptors (Lipinski definition) is 4. The highest BCUT2D eigenvalue weighted by Crippen LogP contribution is 2.36. The molecule has 0 aliphatic heterocycles. The van der Waals surface area contributed by atoms with E-state index < -0.39 is 39.2 Å². The van der Waals surface area contributed by atoms with E-state index in [9.17, 15) is 26.4 Å². The van der Waals surface area contributed by atoms with E-state index in [1.54, 1.807) is 12.1 Å². The molecule has 6 nitrogen and oxygen atoms in total. The number of amides is 1. The van der Waals surface area contributed by atoms with Gasteiger partial charge < -0.3 is 10.1 Å². The molecule has 1 N–H and O–H groups in total. The number of rotatable bonds is 6. The summed E-state index contributed by atoms with van der Waals surface area (Å²) >= 11 is 5.54. The number of benzene rings is 2. The molecule has 0 atom stereocenters. The summed E-state index contributed by atoms with van der Waals surface area (Å²) in [5.41, 5.74) is -1.17. The molecular formula is C17H16ClF3N2O4S. The van der Waals surface area contributed by atoms with Gasteiger partial charge in [-0.2, -0.15) is 13.2 Å². The van der Waals surface area contributed by atoms with Crippen molar-refractivity contribution in [2.75, 3.05) is 29.5 Å². The number of anilines is 2. The summed E-state index contributed by atoms with van der Waals surface area (Å²) in [6, 6.07) is 8.99. The van der Waals surface area contributed by atoms with Crippen LogP contribution in [-0.2, 0) is 21.0 Å². The molecule has 2 aromatic rings. The van der Waals surface area contributed by atoms with Crippen LogP contribution in [0.5, 0.6) is 5.75 Å². The molecule has 0 aliphatic carbocycles. The lowest BCUT2D eigenvalue weighted by molar-refractivity contribution is -0.137. The summed E-state index contributed by atoms with van der Waals surface area (Å²) in [4.78, 5) is 12.3. The number of sulfonamides is 1. The molecule has 0 unspecified atom stereocenters. The number of ether oxygens (including phenoxy) is 1. The van der Waals surface area contributed by atoms with Crippen LogP contribution in [0.3, 0.4) is 0 Å². The van der Waals surface area contributed by atoms with Crippen molar-refractivity contribution in [1.29, 1.82) is 0 Å². The van der Waals surface area contributed by atoms with Crippen molar-refractivity contribution in [3.63, 3.8) is 0 Å². The van der Waals surface area contributed by atoms with Gasteiger partial charge in [0.15, 0.2) is 0 Å². The van der Waals surface area contributed by atoms with Gasteiger partial charge in [0, 0.05) is 5.69 Å². The van der Waals surface area contributed by atoms with E-state index in [0.717, 1.165) is 16.6 Å². The molecule has 0 aliphatic rings. The maximum Gasteiger partial charge on any atom is 0.417 e. The van der Waals surface area contributed by atoms with Gasteiger partial charge in [0.25, 0.3) is 0 Å². The van der Waals surface area contributed by atoms with Crippen molar-refractivity contribution in [3.05, 3.63) is 53.1 Å². The van der Waals surface area contributed by atoms with Gasteiger partial charge in [-0.1, -0.05) is 23.7 Å². The summed E-state index contributed by atoms with van der Waals surface area (Å²) in [6.07, 6.45) is -3.80. The van der Waals surface area contributed by atoms with Crippen LogP contribution in [0.25, 0.3) is 0 Å². The van der Waals surface area contributed by atoms with Crippen molar-refractivity contribution in [2.24, 2.45) is 0 Å². The van der Waals surface area contributed by atoms with Gasteiger partial charge in [0.2, 0.25) is 15.9 Å². The van der Waals surface area contributed by atoms with Gasteiger partial charge in [-0.15, -0.1) is 0 Å². The molecule has 0 radical (unpaired) electrons. The first-order chi connectivity index (χ1) is 12.9. The first-order valence-corrected chi connectivity index (χ1v) is 9.93. The lowest BCUT2D eigenvalue weighted by Gasteiger charge is -2.23. The molecule has 11 heteroatoms. The SMILES string of the molecule is COc1ccccc1N(CC(=O)Nc1ccc(Cl)c(C(F)(F)F)c1)S(C)(=O)=O. The fraction of sp³-hybridized carbons (Fsp3) is 0.235. The Labute approximate surface area is 164 Å². The van der Waals surface area contributed by atoms with Crippen molar-refractivity contribution in [3.8, 4) is 5.75 Å². The van der Waals surface area contributed by atoms with Crippen molar-refractivity contribution >= 4 is 38.9 Å². The van der Waals surface area contributed by atoms with E-state index in [2.05, 4.69) is 5.32 Å². The molecule has 0 fully saturated rings. The van der Waals surface area contributed by atoms with Gasteiger partial charge >= 0.3 is 6.18 Å². The van der Waals surface area contributed by atoms with E-state index in [1.807, 2.05) is 0 Å². The van der Waals surface area contributed by atoms with Gasteiger partial charge in [-0.25, -0.2) is 8.42 Å². The predicted octanol–water partition coefficient (Wildman–Crippen LogP) is 3.77. The van der Waals surface area contributed by atoms with Crippen LogP contribution in [-0.4, -0.2) is 34.2 Å². The quantitative estimate of drug-likeness (QED) is 0.748. The van der Waals surface area contributed by atoms with Crippen molar-refractivity contribution < 1.29 is 31.1 Å². The molecule has 2 rings (SSSR count). The van der Waals surface area contributed by atoms with E-state index in [0.29, 0.717) is 6.07 Å². The molecule has 0 bridgehead atoms. The fourth-order valence-corrected chi connectivity index (χ4v) is 3.45. The molecule has 152 valence electrons. The van der Waals surface area contributed by atoms with E-state index in [4.69, 9.17) is 16.3 Å². The number of carbonyl (C=O) groups is 1. The second-order valence-corrected chi connectivity index (χ2v) is 8.00. The van der Waals surface area contributed by atoms with Crippen LogP contribution in [0.4, 0.5) is 24.5 Å². The normalized spacial score (nSPS) is 11.8. The average molecular weight is 437 g/mol. The molecule has 0 spiro atoms. The molecule has 0 saturated heterocycles. The number of nitrogens with one attached hydrogen (secondary N) is 1. The van der Waals surface area contributed by atoms with Crippen LogP contribution in [0.15, 0.2) is 42.5 Å². The zero-order valence-corrected chi connectivity index (χ0v) is 16.3. The molecular weight excluding hydrogens is 421 g/mol. The number of hydrogen-bond donors (Lipinski definition) is 1. The highest BCUT2D eigenvalue weighted by Gasteiger charge is 2.33. The summed E-state index contributed by atoms with van der Waals surface area (Å²) in [5, 5.41) is 1.73. The van der Waals surface area contributed by atoms with E-state index in [1.165, 1.54) is 25.3 Å². The average Bonchev–Trinajstić information content (AvgIpc) is 2.59. The van der Waals surface area contributed by atoms with E-state index in [-0.39, 0.29) is 17.1 Å². The summed E-state index contributed by atoms with van der Waals surface area (Å²) < 4.78 is 69.0. The number of alkyl halides is 3. The third-order valence-corrected chi connectivity index (χ3v) is 5.05. The van der Waals surface area contributed by atoms with Crippen LogP contribution < -0.4 is 14.4 Å². The summed E-state index contributed by atoms with van der Waals surface area (Å²) in [7, 11) is -2.55. The Bertz CT molecular complexity index is 981. The maximum absolute atomic E-state index is 12.9. The minimum Gasteiger partial charge on any atom is -0.495 e. The summed E-state index contributed by atoms with van der Waals surface area (Å²) in [6.45, 7) is -0.664. The van der Waals surface area contributed by atoms with Crippen LogP contribution in [0, 0.1) is 0 Å². The molecule has 1 amide bonds. The summed E-state index contributed by atoms with van der Waals surface area (Å²) in [5.74, 6) is -0.627. The molecule has 0 saturated carbocycles. The van der Waals surface area contributed by atoms with Crippen LogP contribution in [0.1, 0.15) is 5.56 Å². The maximum atomic E-state index is 12.9. The fourth-order valence-electron chi connectivity index (χ4n) is 2.37. The van der Waals surface area contributed by atoms with Gasteiger partial charge in [-0.05, 0) is 30.3 Å². The highest BCUT2D eigenvalue weighted by atomic mass is 35.5. The Morgan fingerprint density at radius 2 is 1.86 bits per heavy atom. The zero-order valence-electron chi connectivity index (χ0n) is 14.7. The highest BCUT2D eigenvalue weighted by molar-refractivity contribution is 7.92. The first kappa shape index (κ1) is 21.8. The minimum atomic E-state index is -4.70. The Morgan fingerprint density at radius 3 is 2.43 bits per heavy atom.